The zero-order valence-corrected chi connectivity index (χ0v) is 16.0. The molecule has 6 nitrogen and oxygen atoms in total. The van der Waals surface area contributed by atoms with Crippen LogP contribution in [0.2, 0.25) is 5.02 Å². The SMILES string of the molecule is COc1ccc(Nc2ccnc(NCCc3cccc(Cl)c3)n2)cc1OC. The molecule has 2 N–H and O–H groups in total. The lowest BCUT2D eigenvalue weighted by molar-refractivity contribution is 0.355. The highest BCUT2D eigenvalue weighted by Gasteiger charge is 2.06. The van der Waals surface area contributed by atoms with Crippen molar-refractivity contribution in [2.75, 3.05) is 31.4 Å². The Kier molecular flexibility index (Phi) is 6.33. The van der Waals surface area contributed by atoms with Crippen molar-refractivity contribution in [1.82, 2.24) is 9.97 Å². The fourth-order valence-electron chi connectivity index (χ4n) is 2.59. The minimum absolute atomic E-state index is 0.558. The van der Waals surface area contributed by atoms with Crippen molar-refractivity contribution in [3.05, 3.63) is 65.3 Å². The van der Waals surface area contributed by atoms with Crippen molar-refractivity contribution < 1.29 is 9.47 Å². The number of benzene rings is 2. The summed E-state index contributed by atoms with van der Waals surface area (Å²) >= 11 is 6.01. The van der Waals surface area contributed by atoms with Crippen LogP contribution in [0, 0.1) is 0 Å². The smallest absolute Gasteiger partial charge is 0.224 e. The molecule has 0 fully saturated rings. The summed E-state index contributed by atoms with van der Waals surface area (Å²) in [6, 6.07) is 15.2. The van der Waals surface area contributed by atoms with Gasteiger partial charge >= 0.3 is 0 Å². The molecule has 0 spiro atoms. The van der Waals surface area contributed by atoms with Crippen LogP contribution in [0.5, 0.6) is 11.5 Å². The van der Waals surface area contributed by atoms with Crippen LogP contribution in [0.15, 0.2) is 54.7 Å². The van der Waals surface area contributed by atoms with Crippen LogP contribution in [0.1, 0.15) is 5.56 Å². The molecule has 140 valence electrons. The molecule has 0 aliphatic carbocycles. The maximum Gasteiger partial charge on any atom is 0.224 e. The number of methoxy groups -OCH3 is 2. The lowest BCUT2D eigenvalue weighted by Crippen LogP contribution is -2.08. The van der Waals surface area contributed by atoms with Crippen molar-refractivity contribution in [2.24, 2.45) is 0 Å². The molecule has 0 unspecified atom stereocenters. The van der Waals surface area contributed by atoms with E-state index < -0.39 is 0 Å². The maximum absolute atomic E-state index is 6.01. The van der Waals surface area contributed by atoms with E-state index in [2.05, 4.69) is 20.6 Å². The third-order valence-corrected chi connectivity index (χ3v) is 4.13. The average molecular weight is 385 g/mol. The molecule has 3 rings (SSSR count). The topological polar surface area (TPSA) is 68.3 Å². The largest absolute Gasteiger partial charge is 0.493 e. The van der Waals surface area contributed by atoms with Gasteiger partial charge in [0.25, 0.3) is 0 Å². The van der Waals surface area contributed by atoms with Crippen LogP contribution >= 0.6 is 11.6 Å². The Hall–Kier alpha value is -2.99. The summed E-state index contributed by atoms with van der Waals surface area (Å²) in [4.78, 5) is 8.74. The van der Waals surface area contributed by atoms with E-state index in [9.17, 15) is 0 Å². The molecule has 1 aromatic heterocycles. The summed E-state index contributed by atoms with van der Waals surface area (Å²) in [6.45, 7) is 0.708. The normalized spacial score (nSPS) is 10.3. The van der Waals surface area contributed by atoms with Crippen molar-refractivity contribution in [3.63, 3.8) is 0 Å². The number of nitrogens with one attached hydrogen (secondary N) is 2. The van der Waals surface area contributed by atoms with Crippen LogP contribution in [0.25, 0.3) is 0 Å². The molecule has 0 aliphatic rings. The fraction of sp³-hybridized carbons (Fsp3) is 0.200. The number of ether oxygens (including phenoxy) is 2. The van der Waals surface area contributed by atoms with Gasteiger partial charge in [-0.3, -0.25) is 0 Å². The lowest BCUT2D eigenvalue weighted by atomic mass is 10.1. The molecule has 3 aromatic rings. The first-order valence-electron chi connectivity index (χ1n) is 8.48. The molecule has 0 aliphatic heterocycles. The van der Waals surface area contributed by atoms with Gasteiger partial charge < -0.3 is 20.1 Å². The highest BCUT2D eigenvalue weighted by molar-refractivity contribution is 6.30. The summed E-state index contributed by atoms with van der Waals surface area (Å²) in [7, 11) is 3.21. The van der Waals surface area contributed by atoms with Gasteiger partial charge in [-0.1, -0.05) is 23.7 Å². The molecule has 0 atom stereocenters. The number of aromatic nitrogens is 2. The Bertz CT molecular complexity index is 905. The summed E-state index contributed by atoms with van der Waals surface area (Å²) in [5, 5.41) is 7.21. The number of anilines is 3. The predicted molar refractivity (Wildman–Crippen MR) is 109 cm³/mol. The van der Waals surface area contributed by atoms with Gasteiger partial charge in [-0.25, -0.2) is 4.98 Å². The van der Waals surface area contributed by atoms with E-state index >= 15 is 0 Å². The molecule has 7 heteroatoms. The summed E-state index contributed by atoms with van der Waals surface area (Å²) in [5.74, 6) is 2.57. The third kappa shape index (κ3) is 5.24. The predicted octanol–water partition coefficient (Wildman–Crippen LogP) is 4.55. The van der Waals surface area contributed by atoms with E-state index in [0.717, 1.165) is 22.7 Å². The first-order valence-corrected chi connectivity index (χ1v) is 8.86. The van der Waals surface area contributed by atoms with Gasteiger partial charge in [0.15, 0.2) is 11.5 Å². The molecule has 27 heavy (non-hydrogen) atoms. The summed E-state index contributed by atoms with van der Waals surface area (Å²) in [5.41, 5.74) is 2.01. The van der Waals surface area contributed by atoms with Gasteiger partial charge in [0.1, 0.15) is 5.82 Å². The van der Waals surface area contributed by atoms with Crippen molar-refractivity contribution in [1.29, 1.82) is 0 Å². The third-order valence-electron chi connectivity index (χ3n) is 3.90. The van der Waals surface area contributed by atoms with Gasteiger partial charge in [0.05, 0.1) is 14.2 Å². The van der Waals surface area contributed by atoms with Crippen LogP contribution in [0.4, 0.5) is 17.5 Å². The molecule has 0 amide bonds. The second kappa shape index (κ2) is 9.09. The van der Waals surface area contributed by atoms with Gasteiger partial charge in [0.2, 0.25) is 5.95 Å². The standard InChI is InChI=1S/C20H21ClN4O2/c1-26-17-7-6-16(13-18(17)27-2)24-19-9-11-23-20(25-19)22-10-8-14-4-3-5-15(21)12-14/h3-7,9,11-13H,8,10H2,1-2H3,(H2,22,23,24,25). The molecular formula is C20H21ClN4O2. The van der Waals surface area contributed by atoms with Crippen molar-refractivity contribution in [2.45, 2.75) is 6.42 Å². The van der Waals surface area contributed by atoms with Crippen molar-refractivity contribution >= 4 is 29.1 Å². The Morgan fingerprint density at radius 3 is 2.63 bits per heavy atom. The van der Waals surface area contributed by atoms with E-state index in [-0.39, 0.29) is 0 Å². The minimum Gasteiger partial charge on any atom is -0.493 e. The Balaban J connectivity index is 1.62. The highest BCUT2D eigenvalue weighted by atomic mass is 35.5. The lowest BCUT2D eigenvalue weighted by Gasteiger charge is -2.11. The number of rotatable bonds is 8. The van der Waals surface area contributed by atoms with E-state index in [1.807, 2.05) is 42.5 Å². The zero-order chi connectivity index (χ0) is 19.1. The quantitative estimate of drug-likeness (QED) is 0.594. The van der Waals surface area contributed by atoms with E-state index in [0.29, 0.717) is 29.8 Å². The molecule has 1 heterocycles. The van der Waals surface area contributed by atoms with Gasteiger partial charge in [-0.2, -0.15) is 4.98 Å². The Labute approximate surface area is 163 Å². The van der Waals surface area contributed by atoms with Crippen LogP contribution in [-0.2, 0) is 6.42 Å². The minimum atomic E-state index is 0.558. The molecule has 0 radical (unpaired) electrons. The average Bonchev–Trinajstić information content (AvgIpc) is 2.68. The molecule has 0 bridgehead atoms. The van der Waals surface area contributed by atoms with Crippen LogP contribution < -0.4 is 20.1 Å². The number of hydrogen-bond acceptors (Lipinski definition) is 6. The van der Waals surface area contributed by atoms with Gasteiger partial charge in [-0.05, 0) is 42.3 Å². The van der Waals surface area contributed by atoms with Crippen molar-refractivity contribution in [3.8, 4) is 11.5 Å². The molecular weight excluding hydrogens is 364 g/mol. The van der Waals surface area contributed by atoms with E-state index in [1.165, 1.54) is 0 Å². The van der Waals surface area contributed by atoms with E-state index in [4.69, 9.17) is 21.1 Å². The first kappa shape index (κ1) is 18.8. The molecule has 0 saturated carbocycles. The van der Waals surface area contributed by atoms with E-state index in [1.54, 1.807) is 26.5 Å². The second-order valence-corrected chi connectivity index (χ2v) is 6.20. The van der Waals surface area contributed by atoms with Crippen LogP contribution in [0.3, 0.4) is 0 Å². The highest BCUT2D eigenvalue weighted by Crippen LogP contribution is 2.30. The Morgan fingerprint density at radius 1 is 1.00 bits per heavy atom. The zero-order valence-electron chi connectivity index (χ0n) is 15.2. The maximum atomic E-state index is 6.01. The summed E-state index contributed by atoms with van der Waals surface area (Å²) in [6.07, 6.45) is 2.54. The molecule has 2 aromatic carbocycles. The number of hydrogen-bond donors (Lipinski definition) is 2. The monoisotopic (exact) mass is 384 g/mol. The van der Waals surface area contributed by atoms with Gasteiger partial charge in [-0.15, -0.1) is 0 Å². The number of nitrogens with zero attached hydrogens (tertiary/aromatic N) is 2. The Morgan fingerprint density at radius 2 is 1.85 bits per heavy atom. The fourth-order valence-corrected chi connectivity index (χ4v) is 2.80. The first-order chi connectivity index (χ1) is 13.2. The molecule has 0 saturated heterocycles. The summed E-state index contributed by atoms with van der Waals surface area (Å²) < 4.78 is 10.6. The van der Waals surface area contributed by atoms with Gasteiger partial charge in [0, 0.05) is 29.5 Å². The van der Waals surface area contributed by atoms with Crippen LogP contribution in [-0.4, -0.2) is 30.7 Å². The number of halogens is 1. The second-order valence-electron chi connectivity index (χ2n) is 5.77.